The molecule has 0 rings (SSSR count). The fraction of sp³-hybridized carbons (Fsp3) is 0.600. The number of aliphatic carboxylic acids is 1. The van der Waals surface area contributed by atoms with E-state index < -0.39 is 5.97 Å². The molecule has 0 aromatic heterocycles. The summed E-state index contributed by atoms with van der Waals surface area (Å²) in [5.41, 5.74) is 0. The smallest absolute Gasteiger partial charge is 0.303 e. The molecule has 3 heteroatoms. The fourth-order valence-corrected chi connectivity index (χ4v) is 0.763. The van der Waals surface area contributed by atoms with Gasteiger partial charge in [0.1, 0.15) is 0 Å². The minimum atomic E-state index is -0.788. The first kappa shape index (κ1) is 11.9. The van der Waals surface area contributed by atoms with Gasteiger partial charge in [0.15, 0.2) is 5.78 Å². The molecule has 0 heterocycles. The van der Waals surface area contributed by atoms with Crippen molar-refractivity contribution < 1.29 is 14.7 Å². The molecule has 0 atom stereocenters. The van der Waals surface area contributed by atoms with E-state index in [-0.39, 0.29) is 18.1 Å². The molecule has 3 nitrogen and oxygen atoms in total. The summed E-state index contributed by atoms with van der Waals surface area (Å²) in [6.07, 6.45) is 4.69. The maximum absolute atomic E-state index is 11.0. The lowest BCUT2D eigenvalue weighted by atomic mass is 10.1. The van der Waals surface area contributed by atoms with E-state index >= 15 is 0 Å². The number of ketones is 1. The highest BCUT2D eigenvalue weighted by Gasteiger charge is 2.00. The lowest BCUT2D eigenvalue weighted by Gasteiger charge is -1.96. The Labute approximate surface area is 78.5 Å². The zero-order chi connectivity index (χ0) is 10.3. The molecule has 0 aromatic carbocycles. The average molecular weight is 184 g/mol. The van der Waals surface area contributed by atoms with Crippen LogP contribution in [0.25, 0.3) is 0 Å². The van der Waals surface area contributed by atoms with E-state index in [0.717, 1.165) is 0 Å². The van der Waals surface area contributed by atoms with E-state index in [1.807, 2.05) is 13.8 Å². The highest BCUT2D eigenvalue weighted by molar-refractivity contribution is 5.91. The second-order valence-corrected chi connectivity index (χ2v) is 3.25. The van der Waals surface area contributed by atoms with Gasteiger partial charge >= 0.3 is 5.97 Å². The normalized spacial score (nSPS) is 11.0. The summed E-state index contributed by atoms with van der Waals surface area (Å²) in [6, 6.07) is 0. The summed E-state index contributed by atoms with van der Waals surface area (Å²) >= 11 is 0. The van der Waals surface area contributed by atoms with E-state index in [9.17, 15) is 9.59 Å². The molecular formula is C10H16O3. The van der Waals surface area contributed by atoms with Crippen LogP contribution in [0.3, 0.4) is 0 Å². The number of carboxylic acids is 1. The van der Waals surface area contributed by atoms with Crippen LogP contribution in [0, 0.1) is 5.92 Å². The molecule has 0 aromatic rings. The minimum absolute atomic E-state index is 0.0238. The third-order valence-corrected chi connectivity index (χ3v) is 1.61. The van der Waals surface area contributed by atoms with E-state index in [1.165, 1.54) is 6.08 Å². The molecule has 0 saturated carbocycles. The number of allylic oxidation sites excluding steroid dienone is 2. The largest absolute Gasteiger partial charge is 0.481 e. The Morgan fingerprint density at radius 2 is 2.00 bits per heavy atom. The van der Waals surface area contributed by atoms with Crippen molar-refractivity contribution in [2.24, 2.45) is 5.92 Å². The molecule has 0 aliphatic carbocycles. The summed E-state index contributed by atoms with van der Waals surface area (Å²) in [7, 11) is 0. The molecule has 0 bridgehead atoms. The van der Waals surface area contributed by atoms with Crippen molar-refractivity contribution in [3.05, 3.63) is 12.2 Å². The first-order valence-electron chi connectivity index (χ1n) is 4.46. The van der Waals surface area contributed by atoms with Gasteiger partial charge in [-0.25, -0.2) is 0 Å². The Kier molecular flexibility index (Phi) is 5.85. The zero-order valence-electron chi connectivity index (χ0n) is 8.12. The summed E-state index contributed by atoms with van der Waals surface area (Å²) in [5, 5.41) is 8.32. The van der Waals surface area contributed by atoms with Crippen LogP contribution in [-0.4, -0.2) is 16.9 Å². The monoisotopic (exact) mass is 184 g/mol. The Morgan fingerprint density at radius 3 is 2.46 bits per heavy atom. The van der Waals surface area contributed by atoms with Crippen molar-refractivity contribution in [3.63, 3.8) is 0 Å². The second-order valence-electron chi connectivity index (χ2n) is 3.25. The maximum Gasteiger partial charge on any atom is 0.303 e. The summed E-state index contributed by atoms with van der Waals surface area (Å²) in [4.78, 5) is 21.2. The molecule has 0 amide bonds. The fourth-order valence-electron chi connectivity index (χ4n) is 0.763. The number of unbranched alkanes of at least 4 members (excludes halogenated alkanes) is 1. The highest BCUT2D eigenvalue weighted by atomic mass is 16.4. The van der Waals surface area contributed by atoms with Gasteiger partial charge in [0.25, 0.3) is 0 Å². The number of carboxylic acid groups (broad SMARTS) is 1. The molecular weight excluding hydrogens is 168 g/mol. The minimum Gasteiger partial charge on any atom is -0.481 e. The predicted octanol–water partition coefficient (Wildman–Crippen LogP) is 2.02. The Morgan fingerprint density at radius 1 is 1.38 bits per heavy atom. The number of hydrogen-bond acceptors (Lipinski definition) is 2. The van der Waals surface area contributed by atoms with Crippen molar-refractivity contribution in [2.45, 2.75) is 33.1 Å². The number of carbonyl (C=O) groups excluding carboxylic acids is 1. The number of carbonyl (C=O) groups is 2. The molecule has 0 saturated heterocycles. The van der Waals surface area contributed by atoms with E-state index in [1.54, 1.807) is 6.08 Å². The Bertz CT molecular complexity index is 204. The average Bonchev–Trinajstić information content (AvgIpc) is 2.02. The second kappa shape index (κ2) is 6.40. The van der Waals surface area contributed by atoms with E-state index in [2.05, 4.69) is 0 Å². The molecule has 1 N–H and O–H groups in total. The zero-order valence-corrected chi connectivity index (χ0v) is 8.12. The van der Waals surface area contributed by atoms with Gasteiger partial charge < -0.3 is 5.11 Å². The lowest BCUT2D eigenvalue weighted by Crippen LogP contribution is -2.01. The van der Waals surface area contributed by atoms with Crippen molar-refractivity contribution in [3.8, 4) is 0 Å². The molecule has 0 aliphatic heterocycles. The number of rotatable bonds is 6. The van der Waals surface area contributed by atoms with Crippen LogP contribution in [0.15, 0.2) is 12.2 Å². The first-order chi connectivity index (χ1) is 6.04. The van der Waals surface area contributed by atoms with Crippen LogP contribution in [-0.2, 0) is 9.59 Å². The molecule has 0 radical (unpaired) electrons. The molecule has 0 fully saturated rings. The molecule has 74 valence electrons. The molecule has 0 spiro atoms. The molecule has 0 unspecified atom stereocenters. The third kappa shape index (κ3) is 7.25. The van der Waals surface area contributed by atoms with Crippen LogP contribution in [0.1, 0.15) is 33.1 Å². The lowest BCUT2D eigenvalue weighted by molar-refractivity contribution is -0.137. The van der Waals surface area contributed by atoms with Crippen LogP contribution < -0.4 is 0 Å². The van der Waals surface area contributed by atoms with Gasteiger partial charge in [-0.1, -0.05) is 19.9 Å². The van der Waals surface area contributed by atoms with Crippen molar-refractivity contribution in [2.75, 3.05) is 0 Å². The van der Waals surface area contributed by atoms with E-state index in [4.69, 9.17) is 5.11 Å². The predicted molar refractivity (Wildman–Crippen MR) is 50.5 cm³/mol. The van der Waals surface area contributed by atoms with Gasteiger partial charge in [-0.2, -0.15) is 0 Å². The Balaban J connectivity index is 3.52. The number of hydrogen-bond donors (Lipinski definition) is 1. The topological polar surface area (TPSA) is 54.4 Å². The maximum atomic E-state index is 11.0. The van der Waals surface area contributed by atoms with Crippen molar-refractivity contribution in [1.29, 1.82) is 0 Å². The van der Waals surface area contributed by atoms with E-state index in [0.29, 0.717) is 12.8 Å². The van der Waals surface area contributed by atoms with Gasteiger partial charge in [-0.05, 0) is 18.9 Å². The first-order valence-corrected chi connectivity index (χ1v) is 4.46. The van der Waals surface area contributed by atoms with Crippen LogP contribution in [0.2, 0.25) is 0 Å². The van der Waals surface area contributed by atoms with Gasteiger partial charge in [-0.15, -0.1) is 0 Å². The molecule has 0 aliphatic rings. The Hall–Kier alpha value is -1.12. The van der Waals surface area contributed by atoms with Gasteiger partial charge in [0.2, 0.25) is 0 Å². The SMILES string of the molecule is CC(C)C(=O)/C=C/CCCC(=O)O. The molecule has 13 heavy (non-hydrogen) atoms. The van der Waals surface area contributed by atoms with Crippen LogP contribution >= 0.6 is 0 Å². The van der Waals surface area contributed by atoms with Gasteiger partial charge in [-0.3, -0.25) is 9.59 Å². The van der Waals surface area contributed by atoms with Gasteiger partial charge in [0, 0.05) is 12.3 Å². The van der Waals surface area contributed by atoms with Crippen LogP contribution in [0.5, 0.6) is 0 Å². The third-order valence-electron chi connectivity index (χ3n) is 1.61. The highest BCUT2D eigenvalue weighted by Crippen LogP contribution is 1.99. The van der Waals surface area contributed by atoms with Crippen LogP contribution in [0.4, 0.5) is 0 Å². The standard InChI is InChI=1S/C10H16O3/c1-8(2)9(11)6-4-3-5-7-10(12)13/h4,6,8H,3,5,7H2,1-2H3,(H,12,13)/b6-4+. The van der Waals surface area contributed by atoms with Gasteiger partial charge in [0.05, 0.1) is 0 Å². The summed E-state index contributed by atoms with van der Waals surface area (Å²) in [6.45, 7) is 3.67. The van der Waals surface area contributed by atoms with Crippen molar-refractivity contribution >= 4 is 11.8 Å². The quantitative estimate of drug-likeness (QED) is 0.507. The summed E-state index contributed by atoms with van der Waals surface area (Å²) < 4.78 is 0. The summed E-state index contributed by atoms with van der Waals surface area (Å²) in [5.74, 6) is -0.672. The van der Waals surface area contributed by atoms with Crippen molar-refractivity contribution in [1.82, 2.24) is 0 Å².